The van der Waals surface area contributed by atoms with Gasteiger partial charge in [-0.05, 0) is 48.2 Å². The zero-order valence-corrected chi connectivity index (χ0v) is 16.5. The van der Waals surface area contributed by atoms with Crippen LogP contribution in [0, 0.1) is 11.2 Å². The summed E-state index contributed by atoms with van der Waals surface area (Å²) in [5.74, 6) is -0.805. The monoisotopic (exact) mass is 395 g/mol. The number of hydrogen-bond donors (Lipinski definition) is 1. The van der Waals surface area contributed by atoms with Crippen LogP contribution in [-0.4, -0.2) is 23.8 Å². The first-order valence-electron chi connectivity index (χ1n) is 9.41. The molecule has 4 rings (SSSR count). The predicted octanol–water partition coefficient (Wildman–Crippen LogP) is 3.71. The van der Waals surface area contributed by atoms with E-state index in [1.54, 1.807) is 31.4 Å². The molecule has 1 N–H and O–H groups in total. The van der Waals surface area contributed by atoms with Crippen molar-refractivity contribution in [1.82, 2.24) is 0 Å². The van der Waals surface area contributed by atoms with Gasteiger partial charge in [-0.25, -0.2) is 4.39 Å². The number of methoxy groups -OCH3 is 1. The number of Topliss-reactive ketones (excluding diaryl/α,β-unsaturated/α-hetero) is 2. The Morgan fingerprint density at radius 2 is 1.62 bits per heavy atom. The number of aliphatic hydroxyl groups is 1. The number of rotatable bonds is 3. The van der Waals surface area contributed by atoms with Crippen LogP contribution in [0.1, 0.15) is 32.3 Å². The first-order valence-corrected chi connectivity index (χ1v) is 9.41. The second-order valence-corrected chi connectivity index (χ2v) is 8.30. The van der Waals surface area contributed by atoms with Crippen LogP contribution in [0.2, 0.25) is 0 Å². The third kappa shape index (κ3) is 2.95. The van der Waals surface area contributed by atoms with Crippen molar-refractivity contribution in [3.8, 4) is 5.75 Å². The molecule has 0 radical (unpaired) electrons. The Morgan fingerprint density at radius 3 is 2.21 bits per heavy atom. The van der Waals surface area contributed by atoms with E-state index in [2.05, 4.69) is 0 Å². The molecule has 0 saturated carbocycles. The maximum atomic E-state index is 13.5. The standard InChI is InChI=1S/C23H22FNO4/c1-22(2)12-18-20(19(26)13-22)21(27)23(28,14-4-6-15(24)7-5-14)25(18)16-8-10-17(29-3)11-9-16/h4-11,28H,12-13H2,1-3H3. The molecule has 2 aliphatic rings. The SMILES string of the molecule is COc1ccc(N2C3=C(C(=O)CC(C)(C)C3)C(=O)C2(O)c2ccc(F)cc2)cc1. The number of ether oxygens (including phenoxy) is 1. The summed E-state index contributed by atoms with van der Waals surface area (Å²) in [5.41, 5.74) is -1.20. The molecule has 1 aliphatic carbocycles. The third-order valence-corrected chi connectivity index (χ3v) is 5.57. The molecule has 0 amide bonds. The number of carbonyl (C=O) groups is 2. The van der Waals surface area contributed by atoms with E-state index in [1.807, 2.05) is 13.8 Å². The van der Waals surface area contributed by atoms with E-state index in [1.165, 1.54) is 29.2 Å². The van der Waals surface area contributed by atoms with Gasteiger partial charge in [0.05, 0.1) is 12.7 Å². The van der Waals surface area contributed by atoms with Gasteiger partial charge in [0, 0.05) is 23.4 Å². The number of benzene rings is 2. The Kier molecular flexibility index (Phi) is 4.35. The van der Waals surface area contributed by atoms with Crippen molar-refractivity contribution in [2.24, 2.45) is 5.41 Å². The topological polar surface area (TPSA) is 66.8 Å². The first kappa shape index (κ1) is 19.3. The maximum absolute atomic E-state index is 13.5. The molecule has 150 valence electrons. The van der Waals surface area contributed by atoms with E-state index in [0.717, 1.165) is 0 Å². The fraction of sp³-hybridized carbons (Fsp3) is 0.304. The second-order valence-electron chi connectivity index (χ2n) is 8.30. The van der Waals surface area contributed by atoms with Crippen molar-refractivity contribution in [3.05, 3.63) is 71.2 Å². The van der Waals surface area contributed by atoms with E-state index in [0.29, 0.717) is 23.6 Å². The van der Waals surface area contributed by atoms with Gasteiger partial charge >= 0.3 is 0 Å². The highest BCUT2D eigenvalue weighted by Gasteiger charge is 2.57. The molecule has 1 aliphatic heterocycles. The number of nitrogens with zero attached hydrogens (tertiary/aromatic N) is 1. The fourth-order valence-corrected chi connectivity index (χ4v) is 4.22. The van der Waals surface area contributed by atoms with Gasteiger partial charge in [0.2, 0.25) is 11.5 Å². The van der Waals surface area contributed by atoms with Crippen LogP contribution >= 0.6 is 0 Å². The maximum Gasteiger partial charge on any atom is 0.234 e. The lowest BCUT2D eigenvalue weighted by atomic mass is 9.75. The van der Waals surface area contributed by atoms with Gasteiger partial charge in [0.1, 0.15) is 11.6 Å². The van der Waals surface area contributed by atoms with Crippen molar-refractivity contribution < 1.29 is 23.8 Å². The molecule has 0 saturated heterocycles. The molecule has 29 heavy (non-hydrogen) atoms. The fourth-order valence-electron chi connectivity index (χ4n) is 4.22. The van der Waals surface area contributed by atoms with Gasteiger partial charge in [-0.2, -0.15) is 0 Å². The van der Waals surface area contributed by atoms with Crippen molar-refractivity contribution in [3.63, 3.8) is 0 Å². The molecule has 2 aromatic carbocycles. The summed E-state index contributed by atoms with van der Waals surface area (Å²) < 4.78 is 18.7. The van der Waals surface area contributed by atoms with E-state index in [4.69, 9.17) is 4.74 Å². The minimum atomic E-state index is -2.12. The molecular formula is C23H22FNO4. The summed E-state index contributed by atoms with van der Waals surface area (Å²) >= 11 is 0. The lowest BCUT2D eigenvalue weighted by Crippen LogP contribution is -2.47. The average molecular weight is 395 g/mol. The number of anilines is 1. The van der Waals surface area contributed by atoms with Crippen LogP contribution in [-0.2, 0) is 15.3 Å². The molecule has 6 heteroatoms. The molecule has 1 heterocycles. The lowest BCUT2D eigenvalue weighted by Gasteiger charge is -2.38. The number of hydrogen-bond acceptors (Lipinski definition) is 5. The molecule has 2 aromatic rings. The molecule has 5 nitrogen and oxygen atoms in total. The van der Waals surface area contributed by atoms with Crippen molar-refractivity contribution in [2.45, 2.75) is 32.4 Å². The summed E-state index contributed by atoms with van der Waals surface area (Å²) in [4.78, 5) is 27.8. The summed E-state index contributed by atoms with van der Waals surface area (Å²) in [7, 11) is 1.55. The van der Waals surface area contributed by atoms with Crippen LogP contribution < -0.4 is 9.64 Å². The Hall–Kier alpha value is -2.99. The van der Waals surface area contributed by atoms with Gasteiger partial charge in [0.15, 0.2) is 5.78 Å². The normalized spacial score (nSPS) is 23.4. The zero-order valence-electron chi connectivity index (χ0n) is 16.5. The largest absolute Gasteiger partial charge is 0.497 e. The Balaban J connectivity index is 1.94. The van der Waals surface area contributed by atoms with Crippen molar-refractivity contribution in [2.75, 3.05) is 12.0 Å². The number of allylic oxidation sites excluding steroid dienone is 1. The van der Waals surface area contributed by atoms with Crippen LogP contribution in [0.3, 0.4) is 0 Å². The molecular weight excluding hydrogens is 373 g/mol. The smallest absolute Gasteiger partial charge is 0.234 e. The van der Waals surface area contributed by atoms with Gasteiger partial charge in [-0.3, -0.25) is 9.59 Å². The molecule has 0 fully saturated rings. The van der Waals surface area contributed by atoms with Crippen molar-refractivity contribution >= 4 is 17.3 Å². The summed E-state index contributed by atoms with van der Waals surface area (Å²) in [6.07, 6.45) is 0.683. The minimum absolute atomic E-state index is 0.0342. The third-order valence-electron chi connectivity index (χ3n) is 5.57. The molecule has 1 unspecified atom stereocenters. The summed E-state index contributed by atoms with van der Waals surface area (Å²) in [6.45, 7) is 3.92. The van der Waals surface area contributed by atoms with E-state index in [-0.39, 0.29) is 28.8 Å². The van der Waals surface area contributed by atoms with E-state index in [9.17, 15) is 19.1 Å². The highest BCUT2D eigenvalue weighted by Crippen LogP contribution is 2.50. The van der Waals surface area contributed by atoms with E-state index >= 15 is 0 Å². The molecule has 0 spiro atoms. The Morgan fingerprint density at radius 1 is 1.00 bits per heavy atom. The Labute approximate surface area is 168 Å². The highest BCUT2D eigenvalue weighted by atomic mass is 19.1. The molecule has 1 atom stereocenters. The van der Waals surface area contributed by atoms with Gasteiger partial charge in [-0.1, -0.05) is 26.0 Å². The quantitative estimate of drug-likeness (QED) is 0.803. The lowest BCUT2D eigenvalue weighted by molar-refractivity contribution is -0.133. The number of ketones is 2. The van der Waals surface area contributed by atoms with Gasteiger partial charge in [0.25, 0.3) is 0 Å². The van der Waals surface area contributed by atoms with Crippen molar-refractivity contribution in [1.29, 1.82) is 0 Å². The average Bonchev–Trinajstić information content (AvgIpc) is 2.89. The Bertz CT molecular complexity index is 1020. The van der Waals surface area contributed by atoms with Gasteiger partial charge in [-0.15, -0.1) is 0 Å². The van der Waals surface area contributed by atoms with Crippen LogP contribution in [0.25, 0.3) is 0 Å². The zero-order chi connectivity index (χ0) is 21.0. The summed E-state index contributed by atoms with van der Waals surface area (Å²) in [6, 6.07) is 12.0. The van der Waals surface area contributed by atoms with Gasteiger partial charge < -0.3 is 14.7 Å². The minimum Gasteiger partial charge on any atom is -0.497 e. The molecule has 0 bridgehead atoms. The second kappa shape index (κ2) is 6.52. The van der Waals surface area contributed by atoms with E-state index < -0.39 is 17.3 Å². The van der Waals surface area contributed by atoms with Crippen LogP contribution in [0.4, 0.5) is 10.1 Å². The highest BCUT2D eigenvalue weighted by molar-refractivity contribution is 6.27. The number of carbonyl (C=O) groups excluding carboxylic acids is 2. The predicted molar refractivity (Wildman–Crippen MR) is 106 cm³/mol. The summed E-state index contributed by atoms with van der Waals surface area (Å²) in [5, 5.41) is 11.7. The van der Waals surface area contributed by atoms with Crippen LogP contribution in [0.5, 0.6) is 5.75 Å². The molecule has 0 aromatic heterocycles. The van der Waals surface area contributed by atoms with Crippen LogP contribution in [0.15, 0.2) is 59.8 Å². The number of halogens is 1. The first-order chi connectivity index (χ1) is 13.7.